The van der Waals surface area contributed by atoms with Crippen LogP contribution < -0.4 is 0 Å². The summed E-state index contributed by atoms with van der Waals surface area (Å²) < 4.78 is 11.1. The van der Waals surface area contributed by atoms with Gasteiger partial charge >= 0.3 is 5.97 Å². The number of carbonyl (C=O) groups is 2. The Kier molecular flexibility index (Phi) is 6.62. The number of benzene rings is 2. The molecule has 9 heteroatoms. The number of esters is 1. The molecule has 0 aliphatic carbocycles. The van der Waals surface area contributed by atoms with Crippen LogP contribution in [0.1, 0.15) is 47.6 Å². The topological polar surface area (TPSA) is 103 Å². The van der Waals surface area contributed by atoms with E-state index in [1.54, 1.807) is 18.5 Å². The van der Waals surface area contributed by atoms with Crippen molar-refractivity contribution in [1.29, 1.82) is 0 Å². The standard InChI is InChI=1S/C27H27N5O4/c1-18-12-13-20(17-31(18)27(34)21-10-6-7-11-23(21)32-28-14-15-29-32)26-30-22(16-24(33)35-2)25(36-26)19-8-4-3-5-9-19/h3-11,14-15,18,20H,12-13,16-17H2,1-2H3/t18-,20?/m1/s1. The average Bonchev–Trinajstić information content (AvgIpc) is 3.60. The molecule has 4 aromatic rings. The minimum Gasteiger partial charge on any atom is -0.469 e. The first-order valence-corrected chi connectivity index (χ1v) is 11.9. The Morgan fingerprint density at radius 1 is 1.03 bits per heavy atom. The van der Waals surface area contributed by atoms with Gasteiger partial charge in [-0.05, 0) is 31.9 Å². The predicted octanol–water partition coefficient (Wildman–Crippen LogP) is 4.05. The van der Waals surface area contributed by atoms with Gasteiger partial charge in [0.25, 0.3) is 5.91 Å². The quantitative estimate of drug-likeness (QED) is 0.380. The normalized spacial score (nSPS) is 17.7. The number of likely N-dealkylation sites (tertiary alicyclic amines) is 1. The van der Waals surface area contributed by atoms with E-state index in [-0.39, 0.29) is 30.3 Å². The average molecular weight is 486 g/mol. The van der Waals surface area contributed by atoms with Gasteiger partial charge in [0.05, 0.1) is 48.8 Å². The maximum Gasteiger partial charge on any atom is 0.311 e. The summed E-state index contributed by atoms with van der Waals surface area (Å²) >= 11 is 0. The van der Waals surface area contributed by atoms with Crippen molar-refractivity contribution in [3.63, 3.8) is 0 Å². The SMILES string of the molecule is COC(=O)Cc1nc(C2CC[C@@H](C)N(C(=O)c3ccccc3-n3nccn3)C2)oc1-c1ccccc1. The van der Waals surface area contributed by atoms with Crippen molar-refractivity contribution in [2.24, 2.45) is 0 Å². The summed E-state index contributed by atoms with van der Waals surface area (Å²) in [6.45, 7) is 2.50. The van der Waals surface area contributed by atoms with Gasteiger partial charge in [-0.15, -0.1) is 0 Å². The molecule has 1 unspecified atom stereocenters. The molecule has 0 spiro atoms. The summed E-state index contributed by atoms with van der Waals surface area (Å²) in [6.07, 6.45) is 4.80. The summed E-state index contributed by atoms with van der Waals surface area (Å²) in [7, 11) is 1.36. The highest BCUT2D eigenvalue weighted by Gasteiger charge is 2.34. The van der Waals surface area contributed by atoms with E-state index in [9.17, 15) is 9.59 Å². The summed E-state index contributed by atoms with van der Waals surface area (Å²) in [6, 6.07) is 17.0. The first kappa shape index (κ1) is 23.5. The van der Waals surface area contributed by atoms with E-state index in [4.69, 9.17) is 14.1 Å². The van der Waals surface area contributed by atoms with Crippen molar-refractivity contribution in [2.75, 3.05) is 13.7 Å². The van der Waals surface area contributed by atoms with Crippen molar-refractivity contribution in [3.8, 4) is 17.0 Å². The number of aromatic nitrogens is 4. The van der Waals surface area contributed by atoms with Gasteiger partial charge in [0.15, 0.2) is 11.7 Å². The van der Waals surface area contributed by atoms with Crippen LogP contribution >= 0.6 is 0 Å². The molecule has 1 aliphatic rings. The second-order valence-electron chi connectivity index (χ2n) is 8.86. The number of hydrogen-bond donors (Lipinski definition) is 0. The van der Waals surface area contributed by atoms with Crippen LogP contribution in [0.25, 0.3) is 17.0 Å². The van der Waals surface area contributed by atoms with Gasteiger partial charge in [-0.3, -0.25) is 9.59 Å². The van der Waals surface area contributed by atoms with Gasteiger partial charge in [-0.2, -0.15) is 15.0 Å². The van der Waals surface area contributed by atoms with E-state index in [0.717, 1.165) is 18.4 Å². The van der Waals surface area contributed by atoms with Gasteiger partial charge < -0.3 is 14.1 Å². The van der Waals surface area contributed by atoms with E-state index < -0.39 is 0 Å². The Morgan fingerprint density at radius 2 is 1.75 bits per heavy atom. The van der Waals surface area contributed by atoms with Crippen LogP contribution in [0.4, 0.5) is 0 Å². The second-order valence-corrected chi connectivity index (χ2v) is 8.86. The molecule has 3 heterocycles. The molecule has 0 radical (unpaired) electrons. The van der Waals surface area contributed by atoms with Gasteiger partial charge in [0.1, 0.15) is 0 Å². The summed E-state index contributed by atoms with van der Waals surface area (Å²) in [5.74, 6) is 0.505. The Bertz CT molecular complexity index is 1350. The Morgan fingerprint density at radius 3 is 2.50 bits per heavy atom. The number of piperidine rings is 1. The molecule has 2 atom stereocenters. The van der Waals surface area contributed by atoms with Crippen LogP contribution in [0.5, 0.6) is 0 Å². The van der Waals surface area contributed by atoms with Gasteiger partial charge in [-0.25, -0.2) is 4.98 Å². The van der Waals surface area contributed by atoms with E-state index in [0.29, 0.717) is 35.1 Å². The molecular weight excluding hydrogens is 458 g/mol. The minimum atomic E-state index is -0.384. The van der Waals surface area contributed by atoms with Gasteiger partial charge in [0, 0.05) is 18.2 Å². The molecule has 1 amide bonds. The third-order valence-corrected chi connectivity index (χ3v) is 6.55. The van der Waals surface area contributed by atoms with E-state index in [2.05, 4.69) is 17.1 Å². The maximum absolute atomic E-state index is 13.7. The molecule has 0 N–H and O–H groups in total. The first-order valence-electron chi connectivity index (χ1n) is 11.9. The number of para-hydroxylation sites is 1. The van der Waals surface area contributed by atoms with Crippen LogP contribution in [0.15, 0.2) is 71.4 Å². The molecule has 5 rings (SSSR count). The van der Waals surface area contributed by atoms with E-state index >= 15 is 0 Å². The fourth-order valence-corrected chi connectivity index (χ4v) is 4.60. The largest absolute Gasteiger partial charge is 0.469 e. The summed E-state index contributed by atoms with van der Waals surface area (Å²) in [5, 5.41) is 8.40. The first-order chi connectivity index (χ1) is 17.5. The highest BCUT2D eigenvalue weighted by Crippen LogP contribution is 2.35. The molecule has 1 saturated heterocycles. The number of methoxy groups -OCH3 is 1. The summed E-state index contributed by atoms with van der Waals surface area (Å²) in [5.41, 5.74) is 2.54. The monoisotopic (exact) mass is 485 g/mol. The third kappa shape index (κ3) is 4.64. The lowest BCUT2D eigenvalue weighted by Crippen LogP contribution is -2.45. The zero-order valence-corrected chi connectivity index (χ0v) is 20.2. The number of carbonyl (C=O) groups excluding carboxylic acids is 2. The molecule has 9 nitrogen and oxygen atoms in total. The lowest BCUT2D eigenvalue weighted by Gasteiger charge is -2.37. The predicted molar refractivity (Wildman–Crippen MR) is 131 cm³/mol. The van der Waals surface area contributed by atoms with E-state index in [1.807, 2.05) is 53.4 Å². The Hall–Kier alpha value is -4.27. The zero-order chi connectivity index (χ0) is 25.1. The fraction of sp³-hybridized carbons (Fsp3) is 0.296. The number of hydrogen-bond acceptors (Lipinski definition) is 7. The van der Waals surface area contributed by atoms with E-state index in [1.165, 1.54) is 11.9 Å². The Balaban J connectivity index is 1.45. The minimum absolute atomic E-state index is 0.0141. The van der Waals surface area contributed by atoms with Crippen molar-refractivity contribution in [3.05, 3.63) is 84.1 Å². The lowest BCUT2D eigenvalue weighted by atomic mass is 9.92. The number of rotatable bonds is 6. The molecule has 2 aromatic carbocycles. The molecule has 36 heavy (non-hydrogen) atoms. The second kappa shape index (κ2) is 10.2. The zero-order valence-electron chi connectivity index (χ0n) is 20.2. The number of ether oxygens (including phenoxy) is 1. The fourth-order valence-electron chi connectivity index (χ4n) is 4.60. The van der Waals surface area contributed by atoms with Gasteiger partial charge in [-0.1, -0.05) is 42.5 Å². The third-order valence-electron chi connectivity index (χ3n) is 6.55. The highest BCUT2D eigenvalue weighted by atomic mass is 16.5. The summed E-state index contributed by atoms with van der Waals surface area (Å²) in [4.78, 5) is 33.8. The van der Waals surface area contributed by atoms with Crippen LogP contribution in [-0.2, 0) is 16.0 Å². The van der Waals surface area contributed by atoms with Crippen LogP contribution in [0.3, 0.4) is 0 Å². The highest BCUT2D eigenvalue weighted by molar-refractivity contribution is 5.98. The number of nitrogens with zero attached hydrogens (tertiary/aromatic N) is 5. The van der Waals surface area contributed by atoms with Crippen molar-refractivity contribution in [1.82, 2.24) is 24.9 Å². The smallest absolute Gasteiger partial charge is 0.311 e. The van der Waals surface area contributed by atoms with Crippen molar-refractivity contribution < 1.29 is 18.7 Å². The molecule has 1 aliphatic heterocycles. The lowest BCUT2D eigenvalue weighted by molar-refractivity contribution is -0.139. The molecule has 184 valence electrons. The maximum atomic E-state index is 13.7. The molecule has 2 aromatic heterocycles. The van der Waals surface area contributed by atoms with Gasteiger partial charge in [0.2, 0.25) is 0 Å². The van der Waals surface area contributed by atoms with Crippen LogP contribution in [-0.4, -0.2) is 56.5 Å². The van der Waals surface area contributed by atoms with Crippen LogP contribution in [0.2, 0.25) is 0 Å². The van der Waals surface area contributed by atoms with Crippen molar-refractivity contribution in [2.45, 2.75) is 38.1 Å². The number of amides is 1. The number of oxazole rings is 1. The molecule has 1 fully saturated rings. The Labute approximate surface area is 208 Å². The van der Waals surface area contributed by atoms with Crippen molar-refractivity contribution >= 4 is 11.9 Å². The molecular formula is C27H27N5O4. The molecule has 0 bridgehead atoms. The molecule has 0 saturated carbocycles. The van der Waals surface area contributed by atoms with Crippen LogP contribution in [0, 0.1) is 0 Å².